The van der Waals surface area contributed by atoms with Gasteiger partial charge in [0.2, 0.25) is 5.91 Å². The van der Waals surface area contributed by atoms with E-state index in [0.717, 1.165) is 17.7 Å². The molecule has 0 aliphatic carbocycles. The van der Waals surface area contributed by atoms with Gasteiger partial charge in [-0.2, -0.15) is 13.2 Å². The summed E-state index contributed by atoms with van der Waals surface area (Å²) in [5.74, 6) is -0.493. The van der Waals surface area contributed by atoms with E-state index in [0.29, 0.717) is 11.4 Å². The van der Waals surface area contributed by atoms with Gasteiger partial charge in [-0.25, -0.2) is 0 Å². The first kappa shape index (κ1) is 22.0. The number of hydrogen-bond donors (Lipinski definition) is 1. The van der Waals surface area contributed by atoms with Crippen LogP contribution in [-0.4, -0.2) is 24.0 Å². The number of carbonyl (C=O) groups excluding carboxylic acids is 2. The molecule has 0 atom stereocenters. The third-order valence-corrected chi connectivity index (χ3v) is 4.89. The lowest BCUT2D eigenvalue weighted by Gasteiger charge is -2.39. The Morgan fingerprint density at radius 2 is 1.90 bits per heavy atom. The van der Waals surface area contributed by atoms with Crippen LogP contribution in [0.1, 0.15) is 31.4 Å². The molecule has 160 valence electrons. The number of carbonyl (C=O) groups is 2. The summed E-state index contributed by atoms with van der Waals surface area (Å²) < 4.78 is 45.4. The Morgan fingerprint density at radius 3 is 2.57 bits per heavy atom. The Labute approximate surface area is 176 Å². The van der Waals surface area contributed by atoms with Crippen LogP contribution in [0.3, 0.4) is 0 Å². The Hall–Kier alpha value is -2.74. The number of benzene rings is 2. The lowest BCUT2D eigenvalue weighted by Crippen LogP contribution is -2.53. The lowest BCUT2D eigenvalue weighted by molar-refractivity contribution is -0.137. The van der Waals surface area contributed by atoms with E-state index in [1.807, 2.05) is 13.0 Å². The number of ether oxygens (including phenoxy) is 1. The molecular formula is C21H20ClF3N2O3. The van der Waals surface area contributed by atoms with Crippen molar-refractivity contribution in [2.75, 3.05) is 16.8 Å². The molecule has 5 nitrogen and oxygen atoms in total. The number of fused-ring (bicyclic) bond motifs is 1. The fourth-order valence-corrected chi connectivity index (χ4v) is 3.36. The molecule has 9 heteroatoms. The molecule has 1 heterocycles. The monoisotopic (exact) mass is 440 g/mol. The molecule has 2 aromatic carbocycles. The largest absolute Gasteiger partial charge is 0.476 e. The molecule has 0 unspecified atom stereocenters. The zero-order chi connectivity index (χ0) is 22.3. The minimum atomic E-state index is -4.67. The average molecular weight is 441 g/mol. The van der Waals surface area contributed by atoms with Crippen molar-refractivity contribution in [2.45, 2.75) is 39.0 Å². The number of alkyl halides is 3. The summed E-state index contributed by atoms with van der Waals surface area (Å²) in [7, 11) is 0. The van der Waals surface area contributed by atoms with Crippen LogP contribution in [-0.2, 0) is 15.8 Å². The van der Waals surface area contributed by atoms with Gasteiger partial charge in [0.15, 0.2) is 5.60 Å². The summed E-state index contributed by atoms with van der Waals surface area (Å²) in [5, 5.41) is 2.18. The molecule has 1 aliphatic heterocycles. The standard InChI is InChI=1S/C21H20ClF3N2O3/c1-12-4-7-17-16(10-12)27(19(29)20(2,3)30-17)9-8-18(28)26-15-6-5-13(22)11-14(15)21(23,24)25/h4-7,10-11H,8-9H2,1-3H3,(H,26,28). The molecule has 0 saturated carbocycles. The van der Waals surface area contributed by atoms with Crippen LogP contribution in [0.5, 0.6) is 5.75 Å². The Balaban J connectivity index is 1.78. The van der Waals surface area contributed by atoms with E-state index in [2.05, 4.69) is 5.32 Å². The molecule has 0 fully saturated rings. The SMILES string of the molecule is Cc1ccc2c(c1)N(CCC(=O)Nc1ccc(Cl)cc1C(F)(F)F)C(=O)C(C)(C)O2. The average Bonchev–Trinajstić information content (AvgIpc) is 2.63. The molecule has 1 aliphatic rings. The van der Waals surface area contributed by atoms with E-state index in [1.54, 1.807) is 26.0 Å². The number of halogens is 4. The van der Waals surface area contributed by atoms with E-state index in [9.17, 15) is 22.8 Å². The van der Waals surface area contributed by atoms with Gasteiger partial charge >= 0.3 is 6.18 Å². The van der Waals surface area contributed by atoms with Crippen molar-refractivity contribution in [1.82, 2.24) is 0 Å². The van der Waals surface area contributed by atoms with Crippen LogP contribution >= 0.6 is 11.6 Å². The van der Waals surface area contributed by atoms with Crippen molar-refractivity contribution in [3.8, 4) is 5.75 Å². The fourth-order valence-electron chi connectivity index (χ4n) is 3.19. The van der Waals surface area contributed by atoms with Crippen LogP contribution in [0.15, 0.2) is 36.4 Å². The number of rotatable bonds is 4. The van der Waals surface area contributed by atoms with Crippen molar-refractivity contribution >= 4 is 34.8 Å². The van der Waals surface area contributed by atoms with Gasteiger partial charge in [0.1, 0.15) is 5.75 Å². The lowest BCUT2D eigenvalue weighted by atomic mass is 10.0. The Morgan fingerprint density at radius 1 is 1.20 bits per heavy atom. The number of aryl methyl sites for hydroxylation is 1. The van der Waals surface area contributed by atoms with Crippen LogP contribution in [0.4, 0.5) is 24.5 Å². The first-order valence-electron chi connectivity index (χ1n) is 9.17. The van der Waals surface area contributed by atoms with Crippen LogP contribution in [0.25, 0.3) is 0 Å². The zero-order valence-corrected chi connectivity index (χ0v) is 17.3. The van der Waals surface area contributed by atoms with Gasteiger partial charge in [-0.15, -0.1) is 0 Å². The number of anilines is 2. The molecule has 30 heavy (non-hydrogen) atoms. The highest BCUT2D eigenvalue weighted by Gasteiger charge is 2.41. The van der Waals surface area contributed by atoms with Crippen molar-refractivity contribution in [3.63, 3.8) is 0 Å². The van der Waals surface area contributed by atoms with E-state index in [4.69, 9.17) is 16.3 Å². The maximum absolute atomic E-state index is 13.2. The van der Waals surface area contributed by atoms with E-state index in [1.165, 1.54) is 11.0 Å². The Bertz CT molecular complexity index is 1010. The minimum Gasteiger partial charge on any atom is -0.476 e. The number of nitrogens with one attached hydrogen (secondary N) is 1. The van der Waals surface area contributed by atoms with Crippen LogP contribution in [0.2, 0.25) is 5.02 Å². The van der Waals surface area contributed by atoms with Crippen molar-refractivity contribution in [3.05, 3.63) is 52.5 Å². The molecule has 2 aromatic rings. The molecule has 0 bridgehead atoms. The van der Waals surface area contributed by atoms with Gasteiger partial charge in [0, 0.05) is 18.0 Å². The highest BCUT2D eigenvalue weighted by Crippen LogP contribution is 2.39. The topological polar surface area (TPSA) is 58.6 Å². The van der Waals surface area contributed by atoms with E-state index >= 15 is 0 Å². The van der Waals surface area contributed by atoms with E-state index < -0.39 is 23.2 Å². The van der Waals surface area contributed by atoms with Gasteiger partial charge in [0.05, 0.1) is 16.9 Å². The predicted octanol–water partition coefficient (Wildman–Crippen LogP) is 5.20. The van der Waals surface area contributed by atoms with Crippen molar-refractivity contribution in [1.29, 1.82) is 0 Å². The summed E-state index contributed by atoms with van der Waals surface area (Å²) in [6, 6.07) is 8.47. The molecule has 0 saturated heterocycles. The zero-order valence-electron chi connectivity index (χ0n) is 16.6. The second-order valence-electron chi connectivity index (χ2n) is 7.53. The number of hydrogen-bond acceptors (Lipinski definition) is 3. The summed E-state index contributed by atoms with van der Waals surface area (Å²) in [6.07, 6.45) is -4.87. The summed E-state index contributed by atoms with van der Waals surface area (Å²) in [6.45, 7) is 5.08. The number of nitrogens with zero attached hydrogens (tertiary/aromatic N) is 1. The smallest absolute Gasteiger partial charge is 0.418 e. The molecular weight excluding hydrogens is 421 g/mol. The molecule has 3 rings (SSSR count). The molecule has 0 spiro atoms. The maximum atomic E-state index is 13.2. The minimum absolute atomic E-state index is 0.0111. The first-order chi connectivity index (χ1) is 13.9. The number of amides is 2. The summed E-state index contributed by atoms with van der Waals surface area (Å²) in [5.41, 5.74) is -1.13. The molecule has 2 amide bonds. The third kappa shape index (κ3) is 4.53. The summed E-state index contributed by atoms with van der Waals surface area (Å²) in [4.78, 5) is 26.6. The predicted molar refractivity (Wildman–Crippen MR) is 108 cm³/mol. The van der Waals surface area contributed by atoms with Crippen molar-refractivity contribution in [2.24, 2.45) is 0 Å². The normalized spacial score (nSPS) is 15.4. The quantitative estimate of drug-likeness (QED) is 0.711. The van der Waals surface area contributed by atoms with Gasteiger partial charge in [-0.3, -0.25) is 9.59 Å². The second kappa shape index (κ2) is 7.83. The third-order valence-electron chi connectivity index (χ3n) is 4.65. The molecule has 0 radical (unpaired) electrons. The van der Waals surface area contributed by atoms with Gasteiger partial charge in [0.25, 0.3) is 5.91 Å². The Kier molecular flexibility index (Phi) is 5.73. The van der Waals surface area contributed by atoms with Gasteiger partial charge in [-0.1, -0.05) is 17.7 Å². The van der Waals surface area contributed by atoms with Crippen molar-refractivity contribution < 1.29 is 27.5 Å². The summed E-state index contributed by atoms with van der Waals surface area (Å²) >= 11 is 5.66. The van der Waals surface area contributed by atoms with Gasteiger partial charge in [-0.05, 0) is 56.7 Å². The highest BCUT2D eigenvalue weighted by molar-refractivity contribution is 6.30. The van der Waals surface area contributed by atoms with E-state index in [-0.39, 0.29) is 29.6 Å². The van der Waals surface area contributed by atoms with Crippen LogP contribution < -0.4 is 15.0 Å². The fraction of sp³-hybridized carbons (Fsp3) is 0.333. The van der Waals surface area contributed by atoms with Crippen LogP contribution in [0, 0.1) is 6.92 Å². The highest BCUT2D eigenvalue weighted by atomic mass is 35.5. The first-order valence-corrected chi connectivity index (χ1v) is 9.54. The maximum Gasteiger partial charge on any atom is 0.418 e. The molecule has 1 N–H and O–H groups in total. The van der Waals surface area contributed by atoms with Gasteiger partial charge < -0.3 is 15.0 Å². The second-order valence-corrected chi connectivity index (χ2v) is 7.96. The molecule has 0 aromatic heterocycles.